The molecule has 0 aromatic heterocycles. The monoisotopic (exact) mass is 340 g/mol. The van der Waals surface area contributed by atoms with E-state index in [0.717, 1.165) is 17.7 Å². The molecule has 0 atom stereocenters. The third-order valence-electron chi connectivity index (χ3n) is 3.75. The molecule has 2 heterocycles. The lowest BCUT2D eigenvalue weighted by atomic mass is 10.2. The van der Waals surface area contributed by atoms with Gasteiger partial charge in [-0.25, -0.2) is 4.79 Å². The molecule has 0 amide bonds. The smallest absolute Gasteiger partial charge is 0.336 e. The summed E-state index contributed by atoms with van der Waals surface area (Å²) < 4.78 is 27.0. The predicted octanol–water partition coefficient (Wildman–Crippen LogP) is 3.20. The first-order valence-electron chi connectivity index (χ1n) is 7.97. The zero-order valence-corrected chi connectivity index (χ0v) is 13.4. The van der Waals surface area contributed by atoms with Crippen LogP contribution in [0, 0.1) is 0 Å². The minimum absolute atomic E-state index is 0.177. The minimum atomic E-state index is -0.481. The molecule has 6 nitrogen and oxygen atoms in total. The van der Waals surface area contributed by atoms with Crippen molar-refractivity contribution in [3.63, 3.8) is 0 Å². The number of fused-ring (bicyclic) bond motifs is 2. The molecule has 6 heteroatoms. The molecule has 25 heavy (non-hydrogen) atoms. The van der Waals surface area contributed by atoms with Crippen LogP contribution >= 0.6 is 0 Å². The second-order valence-electron chi connectivity index (χ2n) is 5.53. The van der Waals surface area contributed by atoms with Gasteiger partial charge in [0.1, 0.15) is 5.75 Å². The van der Waals surface area contributed by atoms with Crippen LogP contribution in [-0.2, 0) is 4.79 Å². The molecule has 0 N–H and O–H groups in total. The Bertz CT molecular complexity index is 827. The van der Waals surface area contributed by atoms with E-state index in [2.05, 4.69) is 0 Å². The topological polar surface area (TPSA) is 63.2 Å². The van der Waals surface area contributed by atoms with Gasteiger partial charge in [0, 0.05) is 18.6 Å². The summed E-state index contributed by atoms with van der Waals surface area (Å²) in [5.41, 5.74) is 0.826. The molecule has 0 saturated carbocycles. The van der Waals surface area contributed by atoms with Gasteiger partial charge in [-0.15, -0.1) is 0 Å². The second-order valence-corrected chi connectivity index (χ2v) is 5.53. The molecule has 128 valence electrons. The third kappa shape index (κ3) is 3.52. The Morgan fingerprint density at radius 3 is 2.52 bits per heavy atom. The molecule has 0 fully saturated rings. The van der Waals surface area contributed by atoms with E-state index in [1.54, 1.807) is 24.3 Å². The van der Waals surface area contributed by atoms with E-state index < -0.39 is 5.97 Å². The fourth-order valence-electron chi connectivity index (χ4n) is 2.54. The van der Waals surface area contributed by atoms with Crippen molar-refractivity contribution in [2.45, 2.75) is 6.42 Å². The Labute approximate surface area is 144 Å². The summed E-state index contributed by atoms with van der Waals surface area (Å²) in [4.78, 5) is 12.0. The van der Waals surface area contributed by atoms with Gasteiger partial charge in [0.2, 0.25) is 6.79 Å². The molecular weight excluding hydrogens is 324 g/mol. The van der Waals surface area contributed by atoms with E-state index in [1.165, 1.54) is 6.08 Å². The van der Waals surface area contributed by atoms with E-state index >= 15 is 0 Å². The van der Waals surface area contributed by atoms with Crippen LogP contribution in [0.1, 0.15) is 12.0 Å². The Morgan fingerprint density at radius 2 is 1.60 bits per heavy atom. The average molecular weight is 340 g/mol. The molecule has 4 rings (SSSR count). The van der Waals surface area contributed by atoms with Gasteiger partial charge in [-0.3, -0.25) is 0 Å². The maximum absolute atomic E-state index is 12.0. The first-order valence-corrected chi connectivity index (χ1v) is 7.97. The molecule has 0 saturated heterocycles. The lowest BCUT2D eigenvalue weighted by Gasteiger charge is -2.07. The molecular formula is C19H16O6. The predicted molar refractivity (Wildman–Crippen MR) is 89.3 cm³/mol. The molecule has 0 unspecified atom stereocenters. The quantitative estimate of drug-likeness (QED) is 0.486. The van der Waals surface area contributed by atoms with Crippen molar-refractivity contribution in [2.24, 2.45) is 0 Å². The number of benzene rings is 2. The Kier molecular flexibility index (Phi) is 4.16. The number of carbonyl (C=O) groups is 1. The molecule has 2 aromatic carbocycles. The highest BCUT2D eigenvalue weighted by Gasteiger charge is 2.14. The number of hydrogen-bond donors (Lipinski definition) is 0. The summed E-state index contributed by atoms with van der Waals surface area (Å²) >= 11 is 0. The number of carbonyl (C=O) groups excluding carboxylic acids is 1. The van der Waals surface area contributed by atoms with E-state index in [-0.39, 0.29) is 6.79 Å². The van der Waals surface area contributed by atoms with Gasteiger partial charge in [-0.2, -0.15) is 0 Å². The molecule has 2 aromatic rings. The van der Waals surface area contributed by atoms with Crippen LogP contribution in [0.15, 0.2) is 42.5 Å². The zero-order chi connectivity index (χ0) is 17.1. The van der Waals surface area contributed by atoms with Crippen LogP contribution < -0.4 is 23.7 Å². The summed E-state index contributed by atoms with van der Waals surface area (Å²) in [7, 11) is 0. The van der Waals surface area contributed by atoms with Gasteiger partial charge in [0.25, 0.3) is 0 Å². The van der Waals surface area contributed by atoms with Crippen LogP contribution in [0.3, 0.4) is 0 Å². The van der Waals surface area contributed by atoms with Crippen molar-refractivity contribution in [1.82, 2.24) is 0 Å². The maximum atomic E-state index is 12.0. The van der Waals surface area contributed by atoms with Crippen molar-refractivity contribution < 1.29 is 28.5 Å². The Morgan fingerprint density at radius 1 is 0.880 bits per heavy atom. The Balaban J connectivity index is 1.43. The van der Waals surface area contributed by atoms with Gasteiger partial charge in [0.05, 0.1) is 13.2 Å². The molecule has 0 radical (unpaired) electrons. The lowest BCUT2D eigenvalue weighted by Crippen LogP contribution is -2.03. The van der Waals surface area contributed by atoms with Crippen LogP contribution in [0.5, 0.6) is 28.7 Å². The van der Waals surface area contributed by atoms with Crippen molar-refractivity contribution >= 4 is 12.0 Å². The van der Waals surface area contributed by atoms with Crippen LogP contribution in [0.25, 0.3) is 6.08 Å². The van der Waals surface area contributed by atoms with E-state index in [0.29, 0.717) is 36.2 Å². The van der Waals surface area contributed by atoms with E-state index in [9.17, 15) is 4.79 Å². The lowest BCUT2D eigenvalue weighted by molar-refractivity contribution is -0.128. The Hall–Kier alpha value is -3.15. The normalized spacial score (nSPS) is 15.0. The average Bonchev–Trinajstić information content (AvgIpc) is 2.96. The van der Waals surface area contributed by atoms with Gasteiger partial charge in [0.15, 0.2) is 23.0 Å². The maximum Gasteiger partial charge on any atom is 0.336 e. The van der Waals surface area contributed by atoms with Crippen LogP contribution in [0.4, 0.5) is 0 Å². The standard InChI is InChI=1S/C19H16O6/c20-19(25-14-4-6-16-18(11-14)24-12-23-16)7-3-13-2-5-15-17(10-13)22-9-1-8-21-15/h2-7,10-11H,1,8-9,12H2/b7-3+. The van der Waals surface area contributed by atoms with Gasteiger partial charge < -0.3 is 23.7 Å². The number of hydrogen-bond acceptors (Lipinski definition) is 6. The number of esters is 1. The summed E-state index contributed by atoms with van der Waals surface area (Å²) in [6.45, 7) is 1.44. The first kappa shape index (κ1) is 15.4. The molecule has 2 aliphatic rings. The SMILES string of the molecule is O=C(/C=C/c1ccc2c(c1)OCCCO2)Oc1ccc2c(c1)OCO2. The number of rotatable bonds is 3. The summed E-state index contributed by atoms with van der Waals surface area (Å²) in [6.07, 6.45) is 3.88. The molecule has 0 spiro atoms. The van der Waals surface area contributed by atoms with Gasteiger partial charge >= 0.3 is 5.97 Å². The van der Waals surface area contributed by atoms with Gasteiger partial charge in [-0.1, -0.05) is 6.07 Å². The third-order valence-corrected chi connectivity index (χ3v) is 3.75. The van der Waals surface area contributed by atoms with Crippen LogP contribution in [-0.4, -0.2) is 26.0 Å². The highest BCUT2D eigenvalue weighted by atomic mass is 16.7. The van der Waals surface area contributed by atoms with Crippen LogP contribution in [0.2, 0.25) is 0 Å². The molecule has 2 aliphatic heterocycles. The van der Waals surface area contributed by atoms with Crippen molar-refractivity contribution in [3.05, 3.63) is 48.0 Å². The zero-order valence-electron chi connectivity index (χ0n) is 13.4. The largest absolute Gasteiger partial charge is 0.490 e. The fraction of sp³-hybridized carbons (Fsp3) is 0.211. The van der Waals surface area contributed by atoms with E-state index in [4.69, 9.17) is 23.7 Å². The second kappa shape index (κ2) is 6.76. The van der Waals surface area contributed by atoms with E-state index in [1.807, 2.05) is 18.2 Å². The van der Waals surface area contributed by atoms with Crippen molar-refractivity contribution in [2.75, 3.05) is 20.0 Å². The summed E-state index contributed by atoms with van der Waals surface area (Å²) in [5.74, 6) is 2.53. The van der Waals surface area contributed by atoms with Gasteiger partial charge in [-0.05, 0) is 35.9 Å². The van der Waals surface area contributed by atoms with Crippen molar-refractivity contribution in [3.8, 4) is 28.7 Å². The molecule has 0 aliphatic carbocycles. The molecule has 0 bridgehead atoms. The fourth-order valence-corrected chi connectivity index (χ4v) is 2.54. The summed E-state index contributed by atoms with van der Waals surface area (Å²) in [6, 6.07) is 10.5. The van der Waals surface area contributed by atoms with Crippen molar-refractivity contribution in [1.29, 1.82) is 0 Å². The minimum Gasteiger partial charge on any atom is -0.490 e. The number of ether oxygens (including phenoxy) is 5. The highest BCUT2D eigenvalue weighted by molar-refractivity contribution is 5.89. The highest BCUT2D eigenvalue weighted by Crippen LogP contribution is 2.35. The first-order chi connectivity index (χ1) is 12.3. The summed E-state index contributed by atoms with van der Waals surface area (Å²) in [5, 5.41) is 0.